The first-order valence-corrected chi connectivity index (χ1v) is 17.3. The van der Waals surface area contributed by atoms with Crippen LogP contribution in [0.5, 0.6) is 0 Å². The van der Waals surface area contributed by atoms with Crippen LogP contribution in [0.2, 0.25) is 0 Å². The fraction of sp³-hybridized carbons (Fsp3) is 0.439. The molecule has 5 heteroatoms. The van der Waals surface area contributed by atoms with Crippen LogP contribution in [0, 0.1) is 11.8 Å². The van der Waals surface area contributed by atoms with Crippen LogP contribution in [-0.2, 0) is 16.1 Å². The molecule has 5 rings (SSSR count). The normalized spacial score (nSPS) is 21.0. The highest BCUT2D eigenvalue weighted by atomic mass is 16.5. The number of hydrogen-bond acceptors (Lipinski definition) is 5. The molecule has 0 amide bonds. The summed E-state index contributed by atoms with van der Waals surface area (Å²) in [6, 6.07) is 20.6. The summed E-state index contributed by atoms with van der Waals surface area (Å²) in [5.41, 5.74) is 6.98. The number of hydrogen-bond donors (Lipinski definition) is 2. The van der Waals surface area contributed by atoms with Gasteiger partial charge in [0.2, 0.25) is 0 Å². The van der Waals surface area contributed by atoms with Crippen molar-refractivity contribution in [3.63, 3.8) is 0 Å². The second-order valence-electron chi connectivity index (χ2n) is 13.7. The minimum atomic E-state index is -0.240. The van der Waals surface area contributed by atoms with Crippen molar-refractivity contribution in [3.05, 3.63) is 126 Å². The molecule has 2 aliphatic carbocycles. The maximum Gasteiger partial charge on any atom is 0.168 e. The van der Waals surface area contributed by atoms with E-state index in [9.17, 15) is 4.79 Å². The number of carbonyl (C=O) groups excluding carboxylic acids is 1. The van der Waals surface area contributed by atoms with E-state index in [1.807, 2.05) is 36.4 Å². The third-order valence-corrected chi connectivity index (χ3v) is 9.53. The van der Waals surface area contributed by atoms with Crippen molar-refractivity contribution in [1.82, 2.24) is 15.5 Å². The van der Waals surface area contributed by atoms with E-state index in [4.69, 9.17) is 4.74 Å². The molecule has 3 atom stereocenters. The number of carbonyl (C=O) groups is 1. The van der Waals surface area contributed by atoms with Crippen LogP contribution in [0.15, 0.2) is 115 Å². The van der Waals surface area contributed by atoms with Gasteiger partial charge in [-0.05, 0) is 85.4 Å². The van der Waals surface area contributed by atoms with E-state index in [0.29, 0.717) is 19.1 Å². The molecule has 1 heterocycles. The van der Waals surface area contributed by atoms with E-state index >= 15 is 0 Å². The van der Waals surface area contributed by atoms with Crippen LogP contribution in [0.1, 0.15) is 76.3 Å². The Balaban J connectivity index is 1.21. The van der Waals surface area contributed by atoms with Gasteiger partial charge >= 0.3 is 0 Å². The Bertz CT molecular complexity index is 1420. The molecule has 0 bridgehead atoms. The lowest BCUT2D eigenvalue weighted by Gasteiger charge is -2.36. The minimum Gasteiger partial charge on any atom is -0.489 e. The summed E-state index contributed by atoms with van der Waals surface area (Å²) in [5.74, 6) is 1.84. The van der Waals surface area contributed by atoms with Gasteiger partial charge in [-0.25, -0.2) is 0 Å². The Morgan fingerprint density at radius 1 is 1.00 bits per heavy atom. The van der Waals surface area contributed by atoms with Crippen molar-refractivity contribution in [3.8, 4) is 0 Å². The Labute approximate surface area is 277 Å². The van der Waals surface area contributed by atoms with Gasteiger partial charge in [-0.3, -0.25) is 9.69 Å². The molecule has 3 aliphatic rings. The monoisotopic (exact) mass is 619 g/mol. The van der Waals surface area contributed by atoms with Crippen molar-refractivity contribution >= 4 is 11.5 Å². The Morgan fingerprint density at radius 2 is 1.74 bits per heavy atom. The van der Waals surface area contributed by atoms with E-state index in [0.717, 1.165) is 74.3 Å². The second kappa shape index (κ2) is 16.6. The topological polar surface area (TPSA) is 53.6 Å². The van der Waals surface area contributed by atoms with E-state index in [1.54, 1.807) is 0 Å². The van der Waals surface area contributed by atoms with Crippen LogP contribution in [0.4, 0.5) is 0 Å². The average molecular weight is 620 g/mol. The van der Waals surface area contributed by atoms with Crippen molar-refractivity contribution in [2.24, 2.45) is 11.8 Å². The molecule has 2 aromatic carbocycles. The van der Waals surface area contributed by atoms with Gasteiger partial charge in [-0.1, -0.05) is 107 Å². The Hall–Kier alpha value is -3.83. The first kappa shape index (κ1) is 33.5. The zero-order valence-corrected chi connectivity index (χ0v) is 28.0. The van der Waals surface area contributed by atoms with E-state index < -0.39 is 0 Å². The molecule has 1 unspecified atom stereocenters. The van der Waals surface area contributed by atoms with Crippen LogP contribution < -0.4 is 10.6 Å². The van der Waals surface area contributed by atoms with Crippen molar-refractivity contribution in [1.29, 1.82) is 0 Å². The van der Waals surface area contributed by atoms with Gasteiger partial charge in [0.25, 0.3) is 0 Å². The van der Waals surface area contributed by atoms with Crippen molar-refractivity contribution in [2.45, 2.75) is 83.9 Å². The van der Waals surface area contributed by atoms with Gasteiger partial charge in [0.05, 0.1) is 12.6 Å². The fourth-order valence-electron chi connectivity index (χ4n) is 7.06. The molecule has 2 N–H and O–H groups in total. The third kappa shape index (κ3) is 9.59. The van der Waals surface area contributed by atoms with E-state index in [-0.39, 0.29) is 23.8 Å². The summed E-state index contributed by atoms with van der Waals surface area (Å²) in [6.45, 7) is 16.0. The first-order valence-electron chi connectivity index (χ1n) is 17.3. The summed E-state index contributed by atoms with van der Waals surface area (Å²) >= 11 is 0. The number of nitrogens with zero attached hydrogens (tertiary/aromatic N) is 1. The van der Waals surface area contributed by atoms with E-state index in [2.05, 4.69) is 85.0 Å². The summed E-state index contributed by atoms with van der Waals surface area (Å²) in [4.78, 5) is 16.3. The largest absolute Gasteiger partial charge is 0.489 e. The number of ether oxygens (including phenoxy) is 1. The molecule has 0 saturated heterocycles. The van der Waals surface area contributed by atoms with Crippen molar-refractivity contribution < 1.29 is 9.53 Å². The number of benzene rings is 2. The van der Waals surface area contributed by atoms with E-state index in [1.165, 1.54) is 29.6 Å². The Morgan fingerprint density at radius 3 is 2.50 bits per heavy atom. The molecule has 0 radical (unpaired) electrons. The van der Waals surface area contributed by atoms with Gasteiger partial charge in [-0.2, -0.15) is 0 Å². The maximum absolute atomic E-state index is 14.0. The molecular weight excluding hydrogens is 566 g/mol. The highest BCUT2D eigenvalue weighted by Gasteiger charge is 2.31. The number of nitrogens with one attached hydrogen (secondary N) is 2. The molecule has 5 nitrogen and oxygen atoms in total. The molecule has 46 heavy (non-hydrogen) atoms. The zero-order chi connectivity index (χ0) is 32.3. The van der Waals surface area contributed by atoms with Crippen LogP contribution >= 0.6 is 0 Å². The summed E-state index contributed by atoms with van der Waals surface area (Å²) in [7, 11) is 0. The highest BCUT2D eigenvalue weighted by molar-refractivity contribution is 5.86. The molecule has 1 fully saturated rings. The lowest BCUT2D eigenvalue weighted by molar-refractivity contribution is -0.122. The van der Waals surface area contributed by atoms with Gasteiger partial charge in [-0.15, -0.1) is 0 Å². The molecular formula is C41H53N3O2. The molecule has 244 valence electrons. The highest BCUT2D eigenvalue weighted by Crippen LogP contribution is 2.31. The number of ketones is 1. The quantitative estimate of drug-likeness (QED) is 0.223. The minimum absolute atomic E-state index is 0.240. The average Bonchev–Trinajstić information content (AvgIpc) is 3.37. The third-order valence-electron chi connectivity index (χ3n) is 9.53. The van der Waals surface area contributed by atoms with Crippen LogP contribution in [0.3, 0.4) is 0 Å². The zero-order valence-electron chi connectivity index (χ0n) is 28.0. The van der Waals surface area contributed by atoms with Crippen LogP contribution in [-0.4, -0.2) is 42.4 Å². The summed E-state index contributed by atoms with van der Waals surface area (Å²) < 4.78 is 6.18. The smallest absolute Gasteiger partial charge is 0.168 e. The number of allylic oxidation sites excluding steroid dienone is 4. The molecule has 1 saturated carbocycles. The SMILES string of the molecule is C=C(N[C@H]1CCCC[C@H]1C(=C)NC(CC(C)C)C(=O)CN1CCCC2=C(CC=CC(OCc3ccccc3)=C2)C1)c1ccccc1. The standard InChI is InChI=1S/C41H53N3O2/c1-30(2)25-40(43-32(4)38-22-11-12-23-39(38)42-31(3)34-17-9-6-10-18-34)41(45)28-44-24-14-20-35-26-37(21-13-19-36(35)27-44)46-29-33-15-7-5-8-16-33/h5-10,13,15-18,21,26,30,38-40,42-43H,3-4,11-12,14,19-20,22-25,27-29H2,1-2H3/t38-,39-,40?/m0/s1. The lowest BCUT2D eigenvalue weighted by atomic mass is 9.82. The molecule has 0 spiro atoms. The lowest BCUT2D eigenvalue weighted by Crippen LogP contribution is -2.47. The molecule has 0 aromatic heterocycles. The predicted octanol–water partition coefficient (Wildman–Crippen LogP) is 8.35. The molecule has 1 aliphatic heterocycles. The predicted molar refractivity (Wildman–Crippen MR) is 191 cm³/mol. The first-order chi connectivity index (χ1) is 22.4. The van der Waals surface area contributed by atoms with Gasteiger partial charge < -0.3 is 15.4 Å². The van der Waals surface area contributed by atoms with Gasteiger partial charge in [0, 0.05) is 29.9 Å². The maximum atomic E-state index is 14.0. The second-order valence-corrected chi connectivity index (χ2v) is 13.7. The van der Waals surface area contributed by atoms with Crippen molar-refractivity contribution in [2.75, 3.05) is 19.6 Å². The summed E-state index contributed by atoms with van der Waals surface area (Å²) in [6.07, 6.45) is 14.8. The number of rotatable bonds is 14. The van der Waals surface area contributed by atoms with Crippen LogP contribution in [0.25, 0.3) is 5.70 Å². The number of Topliss-reactive ketones (excluding diaryl/α,β-unsaturated/α-hetero) is 1. The Kier molecular flexibility index (Phi) is 12.1. The van der Waals surface area contributed by atoms with Gasteiger partial charge in [0.1, 0.15) is 12.4 Å². The molecule has 2 aromatic rings. The van der Waals surface area contributed by atoms with Gasteiger partial charge in [0.15, 0.2) is 5.78 Å². The summed E-state index contributed by atoms with van der Waals surface area (Å²) in [5, 5.41) is 7.40. The fourth-order valence-corrected chi connectivity index (χ4v) is 7.06.